The van der Waals surface area contributed by atoms with Gasteiger partial charge in [-0.1, -0.05) is 140 Å². The highest BCUT2D eigenvalue weighted by molar-refractivity contribution is 7.80. The molecule has 6 aromatic carbocycles. The number of rotatable bonds is 4. The highest BCUT2D eigenvalue weighted by atomic mass is 32.1. The molecule has 0 fully saturated rings. The van der Waals surface area contributed by atoms with E-state index in [-0.39, 0.29) is 0 Å². The van der Waals surface area contributed by atoms with E-state index in [2.05, 4.69) is 159 Å². The molecular weight excluding hydrogens is 637 g/mol. The van der Waals surface area contributed by atoms with Gasteiger partial charge in [0.25, 0.3) is 0 Å². The van der Waals surface area contributed by atoms with Crippen molar-refractivity contribution in [2.24, 2.45) is 0 Å². The van der Waals surface area contributed by atoms with Crippen molar-refractivity contribution in [3.63, 3.8) is 0 Å². The first kappa shape index (κ1) is 30.3. The zero-order chi connectivity index (χ0) is 32.6. The lowest BCUT2D eigenvalue weighted by molar-refractivity contribution is 1.25. The first-order chi connectivity index (χ1) is 23.6. The highest BCUT2D eigenvalue weighted by Crippen LogP contribution is 2.36. The molecule has 0 saturated heterocycles. The summed E-state index contributed by atoms with van der Waals surface area (Å²) in [5.41, 5.74) is 4.78. The zero-order valence-electron chi connectivity index (χ0n) is 26.7. The Hall–Kier alpha value is -5.03. The summed E-state index contributed by atoms with van der Waals surface area (Å²) < 4.78 is 0. The minimum absolute atomic E-state index is 0.806. The van der Waals surface area contributed by atoms with Crippen LogP contribution >= 0.6 is 34.9 Å². The molecule has 0 unspecified atom stereocenters. The van der Waals surface area contributed by atoms with Gasteiger partial charge in [-0.25, -0.2) is 0 Å². The Morgan fingerprint density at radius 1 is 0.500 bits per heavy atom. The van der Waals surface area contributed by atoms with Crippen LogP contribution in [0, 0.1) is 30.6 Å². The molecule has 0 amide bonds. The third-order valence-electron chi connectivity index (χ3n) is 9.09. The standard InChI is InChI=1S/C45H30S3/c1-3-30(46)28-43-39-18-10-8-16-37(39)42(38-17-9-11-19-40(38)43)25-21-32-23-27-45(48-32)44-26-22-31(47-44)20-24-41-35-14-6-4-12-33(35)29(2)34-13-5-7-15-36(34)41/h4-19,22-23,26-27H,3,28H2,1-2H3. The quantitative estimate of drug-likeness (QED) is 0.102. The van der Waals surface area contributed by atoms with Gasteiger partial charge in [0.2, 0.25) is 0 Å². The van der Waals surface area contributed by atoms with E-state index >= 15 is 0 Å². The van der Waals surface area contributed by atoms with Gasteiger partial charge >= 0.3 is 0 Å². The fourth-order valence-corrected chi connectivity index (χ4v) is 8.62. The topological polar surface area (TPSA) is 0 Å². The SMILES string of the molecule is CCC(=S)Cc1c2ccccc2c(C#Cc2ccc(-c3ccc(C#Cc4c5ccccc5c(C)c5ccccc45)s3)s2)c2ccccc12. The zero-order valence-corrected chi connectivity index (χ0v) is 29.1. The molecule has 2 heterocycles. The lowest BCUT2D eigenvalue weighted by Crippen LogP contribution is -2.01. The molecule has 8 aromatic rings. The van der Waals surface area contributed by atoms with E-state index in [0.29, 0.717) is 0 Å². The second-order valence-corrected chi connectivity index (χ2v) is 14.7. The monoisotopic (exact) mass is 666 g/mol. The van der Waals surface area contributed by atoms with Gasteiger partial charge in [-0.3, -0.25) is 0 Å². The van der Waals surface area contributed by atoms with Gasteiger partial charge in [0.05, 0.1) is 9.75 Å². The van der Waals surface area contributed by atoms with E-state index in [9.17, 15) is 0 Å². The summed E-state index contributed by atoms with van der Waals surface area (Å²) in [6, 6.07) is 43.1. The summed E-state index contributed by atoms with van der Waals surface area (Å²) in [6.45, 7) is 4.35. The summed E-state index contributed by atoms with van der Waals surface area (Å²) in [5, 5.41) is 9.78. The molecule has 8 rings (SSSR count). The van der Waals surface area contributed by atoms with Crippen LogP contribution in [0.15, 0.2) is 121 Å². The molecule has 0 radical (unpaired) electrons. The Balaban J connectivity index is 1.13. The van der Waals surface area contributed by atoms with Gasteiger partial charge in [0, 0.05) is 27.3 Å². The highest BCUT2D eigenvalue weighted by Gasteiger charge is 2.14. The average molecular weight is 667 g/mol. The second-order valence-electron chi connectivity index (χ2n) is 11.9. The van der Waals surface area contributed by atoms with Crippen molar-refractivity contribution in [3.05, 3.63) is 153 Å². The Morgan fingerprint density at radius 3 is 1.29 bits per heavy atom. The van der Waals surface area contributed by atoms with Crippen LogP contribution in [-0.2, 0) is 6.42 Å². The predicted molar refractivity (Wildman–Crippen MR) is 214 cm³/mol. The minimum atomic E-state index is 0.806. The molecule has 3 heteroatoms. The van der Waals surface area contributed by atoms with Crippen LogP contribution in [0.1, 0.15) is 45.4 Å². The Kier molecular flexibility index (Phi) is 8.13. The Bertz CT molecular complexity index is 2560. The van der Waals surface area contributed by atoms with Crippen LogP contribution in [-0.4, -0.2) is 4.86 Å². The van der Waals surface area contributed by atoms with Crippen molar-refractivity contribution in [1.82, 2.24) is 0 Å². The molecule has 0 aliphatic heterocycles. The van der Waals surface area contributed by atoms with Crippen LogP contribution in [0.2, 0.25) is 0 Å². The second kappa shape index (κ2) is 12.9. The van der Waals surface area contributed by atoms with Gasteiger partial charge in [0.1, 0.15) is 0 Å². The summed E-state index contributed by atoms with van der Waals surface area (Å²) in [5.74, 6) is 14.2. The fourth-order valence-electron chi connectivity index (χ4n) is 6.67. The van der Waals surface area contributed by atoms with Gasteiger partial charge in [-0.05, 0) is 96.7 Å². The van der Waals surface area contributed by atoms with E-state index in [1.54, 1.807) is 22.7 Å². The lowest BCUT2D eigenvalue weighted by Gasteiger charge is -2.14. The maximum atomic E-state index is 5.70. The minimum Gasteiger partial charge on any atom is -0.126 e. The average Bonchev–Trinajstić information content (AvgIpc) is 3.81. The Labute approximate surface area is 294 Å². The smallest absolute Gasteiger partial charge is 0.0779 e. The van der Waals surface area contributed by atoms with Crippen LogP contribution in [0.25, 0.3) is 52.8 Å². The number of hydrogen-bond acceptors (Lipinski definition) is 3. The molecule has 0 spiro atoms. The van der Waals surface area contributed by atoms with Crippen LogP contribution in [0.5, 0.6) is 0 Å². The molecule has 0 N–H and O–H groups in total. The predicted octanol–water partition coefficient (Wildman–Crippen LogP) is 12.5. The van der Waals surface area contributed by atoms with Crippen LogP contribution in [0.3, 0.4) is 0 Å². The molecule has 228 valence electrons. The van der Waals surface area contributed by atoms with Crippen molar-refractivity contribution in [2.75, 3.05) is 0 Å². The summed E-state index contributed by atoms with van der Waals surface area (Å²) in [6.07, 6.45) is 1.71. The molecule has 0 aliphatic rings. The first-order valence-electron chi connectivity index (χ1n) is 16.2. The van der Waals surface area contributed by atoms with Crippen molar-refractivity contribution < 1.29 is 0 Å². The van der Waals surface area contributed by atoms with Crippen molar-refractivity contribution in [3.8, 4) is 33.4 Å². The number of thiocarbonyl (C=S) groups is 1. The molecule has 2 aromatic heterocycles. The van der Waals surface area contributed by atoms with Gasteiger partial charge in [-0.15, -0.1) is 22.7 Å². The maximum absolute atomic E-state index is 5.70. The molecule has 0 bridgehead atoms. The van der Waals surface area contributed by atoms with E-state index in [1.165, 1.54) is 64.0 Å². The number of benzene rings is 6. The van der Waals surface area contributed by atoms with Crippen molar-refractivity contribution in [2.45, 2.75) is 26.7 Å². The molecule has 0 nitrogen and oxygen atoms in total. The maximum Gasteiger partial charge on any atom is 0.0779 e. The molecule has 48 heavy (non-hydrogen) atoms. The van der Waals surface area contributed by atoms with Crippen LogP contribution < -0.4 is 0 Å². The number of aryl methyl sites for hydroxylation is 1. The Morgan fingerprint density at radius 2 is 0.875 bits per heavy atom. The summed E-state index contributed by atoms with van der Waals surface area (Å²) >= 11 is 9.17. The largest absolute Gasteiger partial charge is 0.126 e. The molecule has 0 aliphatic carbocycles. The van der Waals surface area contributed by atoms with E-state index in [0.717, 1.165) is 38.6 Å². The van der Waals surface area contributed by atoms with E-state index < -0.39 is 0 Å². The van der Waals surface area contributed by atoms with Crippen molar-refractivity contribution in [1.29, 1.82) is 0 Å². The fraction of sp³-hybridized carbons (Fsp3) is 0.0889. The molecule has 0 saturated carbocycles. The van der Waals surface area contributed by atoms with Crippen molar-refractivity contribution >= 4 is 82.8 Å². The van der Waals surface area contributed by atoms with Gasteiger partial charge in [-0.2, -0.15) is 0 Å². The third kappa shape index (κ3) is 5.51. The van der Waals surface area contributed by atoms with Crippen LogP contribution in [0.4, 0.5) is 0 Å². The number of thiophene rings is 2. The molecular formula is C45H30S3. The molecule has 0 atom stereocenters. The normalized spacial score (nSPS) is 11.0. The lowest BCUT2D eigenvalue weighted by atomic mass is 9.89. The van der Waals surface area contributed by atoms with E-state index in [1.807, 2.05) is 0 Å². The number of fused-ring (bicyclic) bond motifs is 4. The summed E-state index contributed by atoms with van der Waals surface area (Å²) in [4.78, 5) is 5.60. The van der Waals surface area contributed by atoms with Gasteiger partial charge in [0.15, 0.2) is 0 Å². The first-order valence-corrected chi connectivity index (χ1v) is 18.2. The van der Waals surface area contributed by atoms with E-state index in [4.69, 9.17) is 12.2 Å². The third-order valence-corrected chi connectivity index (χ3v) is 11.7. The summed E-state index contributed by atoms with van der Waals surface area (Å²) in [7, 11) is 0. The van der Waals surface area contributed by atoms with Gasteiger partial charge < -0.3 is 0 Å². The number of hydrogen-bond donors (Lipinski definition) is 0.